The Balaban J connectivity index is 2.39. The summed E-state index contributed by atoms with van der Waals surface area (Å²) in [6, 6.07) is 12.4. The molecule has 0 aliphatic carbocycles. The first-order chi connectivity index (χ1) is 8.74. The van der Waals surface area contributed by atoms with Gasteiger partial charge < -0.3 is 0 Å². The molecule has 0 amide bonds. The molecule has 2 rings (SSSR count). The van der Waals surface area contributed by atoms with Crippen molar-refractivity contribution >= 4 is 5.78 Å². The second-order valence-corrected chi connectivity index (χ2v) is 3.66. The van der Waals surface area contributed by atoms with Gasteiger partial charge in [-0.15, -0.1) is 0 Å². The Morgan fingerprint density at radius 2 is 1.94 bits per heavy atom. The molecule has 1 atom stereocenters. The average Bonchev–Trinajstić information content (AvgIpc) is 2.41. The molecule has 88 valence electrons. The number of ketones is 1. The molecule has 0 fully saturated rings. The van der Waals surface area contributed by atoms with E-state index in [4.69, 9.17) is 5.26 Å². The summed E-state index contributed by atoms with van der Waals surface area (Å²) in [6.45, 7) is 0. The molecule has 1 aromatic carbocycles. The van der Waals surface area contributed by atoms with Gasteiger partial charge in [-0.25, -0.2) is 4.39 Å². The second-order valence-electron chi connectivity index (χ2n) is 3.66. The van der Waals surface area contributed by atoms with Gasteiger partial charge in [0.15, 0.2) is 11.7 Å². The lowest BCUT2D eigenvalue weighted by molar-refractivity contribution is 0.0973. The van der Waals surface area contributed by atoms with Gasteiger partial charge in [-0.2, -0.15) is 5.26 Å². The first-order valence-electron chi connectivity index (χ1n) is 5.33. The van der Waals surface area contributed by atoms with Gasteiger partial charge in [0.05, 0.1) is 17.3 Å². The molecule has 0 N–H and O–H groups in total. The first kappa shape index (κ1) is 11.9. The molecule has 0 saturated heterocycles. The number of aromatic nitrogens is 1. The molecule has 1 aromatic heterocycles. The van der Waals surface area contributed by atoms with Crippen molar-refractivity contribution in [3.63, 3.8) is 0 Å². The van der Waals surface area contributed by atoms with Crippen LogP contribution in [0.2, 0.25) is 0 Å². The van der Waals surface area contributed by atoms with Gasteiger partial charge in [0.2, 0.25) is 0 Å². The van der Waals surface area contributed by atoms with Crippen molar-refractivity contribution in [3.05, 3.63) is 65.7 Å². The Hall–Kier alpha value is -2.54. The number of nitrogens with zero attached hydrogens (tertiary/aromatic N) is 2. The van der Waals surface area contributed by atoms with Gasteiger partial charge in [0.25, 0.3) is 0 Å². The monoisotopic (exact) mass is 240 g/mol. The standard InChI is InChI=1S/C14H9FN2O/c15-12-6-2-1-5-10(12)14(18)11(9-16)13-7-3-4-8-17-13/h1-8,11H. The number of hydrogen-bond acceptors (Lipinski definition) is 3. The Kier molecular flexibility index (Phi) is 3.44. The number of nitriles is 1. The molecule has 1 heterocycles. The van der Waals surface area contributed by atoms with Crippen LogP contribution in [0.4, 0.5) is 4.39 Å². The van der Waals surface area contributed by atoms with Gasteiger partial charge in [-0.1, -0.05) is 18.2 Å². The van der Waals surface area contributed by atoms with Crippen molar-refractivity contribution in [1.82, 2.24) is 4.98 Å². The van der Waals surface area contributed by atoms with Crippen LogP contribution in [-0.2, 0) is 0 Å². The van der Waals surface area contributed by atoms with Crippen LogP contribution in [0.15, 0.2) is 48.7 Å². The van der Waals surface area contributed by atoms with E-state index in [2.05, 4.69) is 4.98 Å². The van der Waals surface area contributed by atoms with E-state index >= 15 is 0 Å². The first-order valence-corrected chi connectivity index (χ1v) is 5.33. The summed E-state index contributed by atoms with van der Waals surface area (Å²) >= 11 is 0. The fraction of sp³-hybridized carbons (Fsp3) is 0.0714. The lowest BCUT2D eigenvalue weighted by Gasteiger charge is -2.07. The molecular formula is C14H9FN2O. The molecule has 0 radical (unpaired) electrons. The van der Waals surface area contributed by atoms with Crippen LogP contribution < -0.4 is 0 Å². The minimum Gasteiger partial charge on any atom is -0.292 e. The zero-order chi connectivity index (χ0) is 13.0. The number of benzene rings is 1. The number of pyridine rings is 1. The molecular weight excluding hydrogens is 231 g/mol. The van der Waals surface area contributed by atoms with Crippen molar-refractivity contribution in [2.45, 2.75) is 5.92 Å². The van der Waals surface area contributed by atoms with Gasteiger partial charge in [-0.3, -0.25) is 9.78 Å². The summed E-state index contributed by atoms with van der Waals surface area (Å²) in [5.74, 6) is -2.28. The molecule has 0 aliphatic rings. The van der Waals surface area contributed by atoms with Gasteiger partial charge in [-0.05, 0) is 24.3 Å². The van der Waals surface area contributed by atoms with E-state index in [1.807, 2.05) is 6.07 Å². The van der Waals surface area contributed by atoms with E-state index in [-0.39, 0.29) is 5.56 Å². The SMILES string of the molecule is N#CC(C(=O)c1ccccc1F)c1ccccn1. The van der Waals surface area contributed by atoms with Gasteiger partial charge >= 0.3 is 0 Å². The third-order valence-electron chi connectivity index (χ3n) is 2.51. The molecule has 2 aromatic rings. The van der Waals surface area contributed by atoms with Crippen molar-refractivity contribution in [2.75, 3.05) is 0 Å². The maximum atomic E-state index is 13.5. The van der Waals surface area contributed by atoms with Gasteiger partial charge in [0.1, 0.15) is 5.82 Å². The number of carbonyl (C=O) groups excluding carboxylic acids is 1. The van der Waals surface area contributed by atoms with E-state index in [1.165, 1.54) is 24.4 Å². The molecule has 0 bridgehead atoms. The second kappa shape index (κ2) is 5.19. The van der Waals surface area contributed by atoms with E-state index in [0.717, 1.165) is 0 Å². The fourth-order valence-electron chi connectivity index (χ4n) is 1.62. The molecule has 1 unspecified atom stereocenters. The van der Waals surface area contributed by atoms with Crippen molar-refractivity contribution < 1.29 is 9.18 Å². The predicted octanol–water partition coefficient (Wildman–Crippen LogP) is 2.71. The number of rotatable bonds is 3. The van der Waals surface area contributed by atoms with Crippen LogP contribution in [0, 0.1) is 17.1 Å². The molecule has 0 spiro atoms. The minimum absolute atomic E-state index is 0.0882. The van der Waals surface area contributed by atoms with Crippen LogP contribution in [0.5, 0.6) is 0 Å². The zero-order valence-electron chi connectivity index (χ0n) is 9.38. The number of carbonyl (C=O) groups is 1. The van der Waals surface area contributed by atoms with Crippen molar-refractivity contribution in [2.24, 2.45) is 0 Å². The summed E-state index contributed by atoms with van der Waals surface area (Å²) in [7, 11) is 0. The average molecular weight is 240 g/mol. The van der Waals surface area contributed by atoms with Crippen LogP contribution in [0.3, 0.4) is 0 Å². The lowest BCUT2D eigenvalue weighted by Crippen LogP contribution is -2.14. The Morgan fingerprint density at radius 1 is 1.22 bits per heavy atom. The molecule has 18 heavy (non-hydrogen) atoms. The topological polar surface area (TPSA) is 53.8 Å². The van der Waals surface area contributed by atoms with Crippen LogP contribution in [-0.4, -0.2) is 10.8 Å². The molecule has 4 heteroatoms. The summed E-state index contributed by atoms with van der Waals surface area (Å²) in [5, 5.41) is 9.07. The third kappa shape index (κ3) is 2.25. The summed E-state index contributed by atoms with van der Waals surface area (Å²) in [6.07, 6.45) is 1.49. The zero-order valence-corrected chi connectivity index (χ0v) is 9.38. The van der Waals surface area contributed by atoms with E-state index < -0.39 is 17.5 Å². The normalized spacial score (nSPS) is 11.6. The van der Waals surface area contributed by atoms with Gasteiger partial charge in [0, 0.05) is 6.20 Å². The predicted molar refractivity (Wildman–Crippen MR) is 63.3 cm³/mol. The minimum atomic E-state index is -1.08. The largest absolute Gasteiger partial charge is 0.292 e. The maximum absolute atomic E-state index is 13.5. The van der Waals surface area contributed by atoms with Crippen LogP contribution >= 0.6 is 0 Å². The highest BCUT2D eigenvalue weighted by Gasteiger charge is 2.24. The highest BCUT2D eigenvalue weighted by molar-refractivity contribution is 6.02. The number of halogens is 1. The third-order valence-corrected chi connectivity index (χ3v) is 2.51. The number of hydrogen-bond donors (Lipinski definition) is 0. The molecule has 3 nitrogen and oxygen atoms in total. The Morgan fingerprint density at radius 3 is 2.56 bits per heavy atom. The lowest BCUT2D eigenvalue weighted by atomic mass is 9.95. The highest BCUT2D eigenvalue weighted by Crippen LogP contribution is 2.20. The highest BCUT2D eigenvalue weighted by atomic mass is 19.1. The van der Waals surface area contributed by atoms with Crippen LogP contribution in [0.25, 0.3) is 0 Å². The Labute approximate surface area is 104 Å². The van der Waals surface area contributed by atoms with Crippen LogP contribution in [0.1, 0.15) is 22.0 Å². The summed E-state index contributed by atoms with van der Waals surface area (Å²) in [4.78, 5) is 16.1. The molecule has 0 aliphatic heterocycles. The Bertz CT molecular complexity index is 605. The van der Waals surface area contributed by atoms with E-state index in [0.29, 0.717) is 5.69 Å². The van der Waals surface area contributed by atoms with Crippen molar-refractivity contribution in [1.29, 1.82) is 5.26 Å². The van der Waals surface area contributed by atoms with E-state index in [1.54, 1.807) is 24.3 Å². The van der Waals surface area contributed by atoms with E-state index in [9.17, 15) is 9.18 Å². The maximum Gasteiger partial charge on any atom is 0.189 e. The number of Topliss-reactive ketones (excluding diaryl/α,β-unsaturated/α-hetero) is 1. The smallest absolute Gasteiger partial charge is 0.189 e. The molecule has 0 saturated carbocycles. The summed E-state index contributed by atoms with van der Waals surface area (Å²) < 4.78 is 13.5. The van der Waals surface area contributed by atoms with Crippen molar-refractivity contribution in [3.8, 4) is 6.07 Å². The summed E-state index contributed by atoms with van der Waals surface area (Å²) in [5.41, 5.74) is 0.239. The quantitative estimate of drug-likeness (QED) is 0.775. The fourth-order valence-corrected chi connectivity index (χ4v) is 1.62.